The molecule has 2 N–H and O–H groups in total. The van der Waals surface area contributed by atoms with E-state index in [1.165, 1.54) is 6.07 Å². The average Bonchev–Trinajstić information content (AvgIpc) is 2.38. The number of rotatable bonds is 3. The summed E-state index contributed by atoms with van der Waals surface area (Å²) in [6, 6.07) is 8.66. The van der Waals surface area contributed by atoms with Crippen LogP contribution in [0.1, 0.15) is 19.0 Å². The molecule has 0 saturated heterocycles. The van der Waals surface area contributed by atoms with Crippen molar-refractivity contribution in [1.29, 1.82) is 0 Å². The van der Waals surface area contributed by atoms with Gasteiger partial charge >= 0.3 is 0 Å². The van der Waals surface area contributed by atoms with E-state index in [4.69, 9.17) is 0 Å². The van der Waals surface area contributed by atoms with Crippen molar-refractivity contribution in [1.82, 2.24) is 9.97 Å². The van der Waals surface area contributed by atoms with E-state index in [1.54, 1.807) is 26.0 Å². The Labute approximate surface area is 110 Å². The fraction of sp³-hybridized carbons (Fsp3) is 0.214. The molecular weight excluding hydrogens is 242 g/mol. The zero-order chi connectivity index (χ0) is 13.8. The van der Waals surface area contributed by atoms with Crippen LogP contribution in [0, 0.1) is 6.92 Å². The molecule has 0 aliphatic carbocycles. The summed E-state index contributed by atoms with van der Waals surface area (Å²) in [6.07, 6.45) is 0.420. The third-order valence-electron chi connectivity index (χ3n) is 2.61. The second-order valence-corrected chi connectivity index (χ2v) is 4.22. The monoisotopic (exact) mass is 257 g/mol. The van der Waals surface area contributed by atoms with Gasteiger partial charge in [0.1, 0.15) is 5.82 Å². The number of hydrogen-bond acceptors (Lipinski definition) is 3. The highest BCUT2D eigenvalue weighted by Gasteiger charge is 2.04. The van der Waals surface area contributed by atoms with Crippen LogP contribution in [0.25, 0.3) is 11.4 Å². The molecule has 98 valence electrons. The van der Waals surface area contributed by atoms with E-state index in [-0.39, 0.29) is 11.5 Å². The van der Waals surface area contributed by atoms with Gasteiger partial charge in [-0.3, -0.25) is 9.59 Å². The molecule has 0 radical (unpaired) electrons. The van der Waals surface area contributed by atoms with Crippen LogP contribution in [0.3, 0.4) is 0 Å². The zero-order valence-electron chi connectivity index (χ0n) is 10.9. The van der Waals surface area contributed by atoms with Gasteiger partial charge in [0, 0.05) is 29.4 Å². The number of aromatic amines is 1. The molecule has 0 aliphatic heterocycles. The minimum absolute atomic E-state index is 0.0529. The van der Waals surface area contributed by atoms with Crippen LogP contribution in [0.2, 0.25) is 0 Å². The molecule has 1 heterocycles. The van der Waals surface area contributed by atoms with Crippen LogP contribution in [0.5, 0.6) is 0 Å². The Bertz CT molecular complexity index is 662. The Kier molecular flexibility index (Phi) is 3.75. The number of hydrogen-bond donors (Lipinski definition) is 2. The number of amides is 1. The third-order valence-corrected chi connectivity index (χ3v) is 2.61. The fourth-order valence-electron chi connectivity index (χ4n) is 1.71. The lowest BCUT2D eigenvalue weighted by atomic mass is 10.2. The first kappa shape index (κ1) is 13.0. The van der Waals surface area contributed by atoms with Crippen LogP contribution in [-0.4, -0.2) is 15.9 Å². The summed E-state index contributed by atoms with van der Waals surface area (Å²) >= 11 is 0. The summed E-state index contributed by atoms with van der Waals surface area (Å²) in [6.45, 7) is 3.56. The number of benzene rings is 1. The number of carbonyl (C=O) groups excluding carboxylic acids is 1. The lowest BCUT2D eigenvalue weighted by Crippen LogP contribution is -2.10. The Balaban J connectivity index is 2.37. The molecule has 0 saturated carbocycles. The molecular formula is C14H15N3O2. The summed E-state index contributed by atoms with van der Waals surface area (Å²) in [5.41, 5.74) is 1.91. The molecule has 5 heteroatoms. The van der Waals surface area contributed by atoms with Crippen LogP contribution >= 0.6 is 0 Å². The van der Waals surface area contributed by atoms with E-state index in [2.05, 4.69) is 15.3 Å². The van der Waals surface area contributed by atoms with Gasteiger partial charge in [0.05, 0.1) is 0 Å². The van der Waals surface area contributed by atoms with Gasteiger partial charge in [-0.2, -0.15) is 0 Å². The van der Waals surface area contributed by atoms with Crippen LogP contribution in [-0.2, 0) is 4.79 Å². The number of aromatic nitrogens is 2. The van der Waals surface area contributed by atoms with E-state index >= 15 is 0 Å². The Hall–Kier alpha value is -2.43. The highest BCUT2D eigenvalue weighted by atomic mass is 16.1. The highest BCUT2D eigenvalue weighted by molar-refractivity contribution is 5.91. The molecule has 2 rings (SSSR count). The van der Waals surface area contributed by atoms with Gasteiger partial charge in [-0.15, -0.1) is 0 Å². The van der Waals surface area contributed by atoms with Gasteiger partial charge in [0.15, 0.2) is 0 Å². The molecule has 1 aromatic carbocycles. The Morgan fingerprint density at radius 3 is 2.84 bits per heavy atom. The number of anilines is 1. The molecule has 1 amide bonds. The first-order valence-corrected chi connectivity index (χ1v) is 6.06. The smallest absolute Gasteiger partial charge is 0.251 e. The highest BCUT2D eigenvalue weighted by Crippen LogP contribution is 2.18. The summed E-state index contributed by atoms with van der Waals surface area (Å²) in [4.78, 5) is 29.7. The number of nitrogens with zero attached hydrogens (tertiary/aromatic N) is 1. The molecule has 2 aromatic rings. The summed E-state index contributed by atoms with van der Waals surface area (Å²) < 4.78 is 0. The molecule has 0 fully saturated rings. The zero-order valence-corrected chi connectivity index (χ0v) is 10.9. The normalized spacial score (nSPS) is 10.2. The van der Waals surface area contributed by atoms with Crippen LogP contribution < -0.4 is 10.9 Å². The van der Waals surface area contributed by atoms with Gasteiger partial charge in [-0.05, 0) is 19.1 Å². The molecule has 5 nitrogen and oxygen atoms in total. The topological polar surface area (TPSA) is 74.8 Å². The number of nitrogens with one attached hydrogen (secondary N) is 2. The summed E-state index contributed by atoms with van der Waals surface area (Å²) in [5.74, 6) is 0.445. The minimum Gasteiger partial charge on any atom is -0.326 e. The fourth-order valence-corrected chi connectivity index (χ4v) is 1.71. The average molecular weight is 257 g/mol. The van der Waals surface area contributed by atoms with Crippen LogP contribution in [0.15, 0.2) is 35.1 Å². The van der Waals surface area contributed by atoms with Crippen molar-refractivity contribution < 1.29 is 4.79 Å². The Morgan fingerprint density at radius 1 is 1.37 bits per heavy atom. The van der Waals surface area contributed by atoms with E-state index < -0.39 is 0 Å². The van der Waals surface area contributed by atoms with Crippen molar-refractivity contribution in [3.05, 3.63) is 46.4 Å². The maximum absolute atomic E-state index is 11.4. The van der Waals surface area contributed by atoms with Crippen molar-refractivity contribution in [2.24, 2.45) is 0 Å². The molecule has 0 unspecified atom stereocenters. The lowest BCUT2D eigenvalue weighted by Gasteiger charge is -2.06. The maximum Gasteiger partial charge on any atom is 0.251 e. The first-order valence-electron chi connectivity index (χ1n) is 6.06. The minimum atomic E-state index is -0.189. The van der Waals surface area contributed by atoms with E-state index in [0.717, 1.165) is 5.56 Å². The Morgan fingerprint density at radius 2 is 2.16 bits per heavy atom. The van der Waals surface area contributed by atoms with E-state index in [0.29, 0.717) is 23.6 Å². The van der Waals surface area contributed by atoms with Crippen molar-refractivity contribution in [2.45, 2.75) is 20.3 Å². The van der Waals surface area contributed by atoms with Gasteiger partial charge in [-0.25, -0.2) is 4.98 Å². The standard InChI is InChI=1S/C14H15N3O2/c1-3-12(18)16-11-6-4-5-10(8-11)14-15-9(2)7-13(19)17-14/h4-8H,3H2,1-2H3,(H,16,18)(H,15,17,19). The van der Waals surface area contributed by atoms with Crippen molar-refractivity contribution in [3.8, 4) is 11.4 Å². The van der Waals surface area contributed by atoms with Crippen LogP contribution in [0.4, 0.5) is 5.69 Å². The molecule has 0 bridgehead atoms. The maximum atomic E-state index is 11.4. The van der Waals surface area contributed by atoms with Crippen molar-refractivity contribution in [2.75, 3.05) is 5.32 Å². The van der Waals surface area contributed by atoms with Gasteiger partial charge < -0.3 is 10.3 Å². The third kappa shape index (κ3) is 3.28. The second kappa shape index (κ2) is 5.48. The van der Waals surface area contributed by atoms with Gasteiger partial charge in [-0.1, -0.05) is 19.1 Å². The number of H-pyrrole nitrogens is 1. The van der Waals surface area contributed by atoms with Crippen molar-refractivity contribution >= 4 is 11.6 Å². The largest absolute Gasteiger partial charge is 0.326 e. The molecule has 19 heavy (non-hydrogen) atoms. The first-order chi connectivity index (χ1) is 9.08. The molecule has 0 aliphatic rings. The quantitative estimate of drug-likeness (QED) is 0.884. The van der Waals surface area contributed by atoms with E-state index in [9.17, 15) is 9.59 Å². The molecule has 0 atom stereocenters. The summed E-state index contributed by atoms with van der Waals surface area (Å²) in [7, 11) is 0. The van der Waals surface area contributed by atoms with Gasteiger partial charge in [0.25, 0.3) is 5.56 Å². The van der Waals surface area contributed by atoms with Crippen molar-refractivity contribution in [3.63, 3.8) is 0 Å². The SMILES string of the molecule is CCC(=O)Nc1cccc(-c2nc(C)cc(=O)[nH]2)c1. The molecule has 1 aromatic heterocycles. The second-order valence-electron chi connectivity index (χ2n) is 4.22. The number of aryl methyl sites for hydroxylation is 1. The molecule has 0 spiro atoms. The number of carbonyl (C=O) groups is 1. The predicted molar refractivity (Wildman–Crippen MR) is 74.0 cm³/mol. The van der Waals surface area contributed by atoms with E-state index in [1.807, 2.05) is 12.1 Å². The predicted octanol–water partition coefficient (Wildman–Crippen LogP) is 2.09. The summed E-state index contributed by atoms with van der Waals surface area (Å²) in [5, 5.41) is 2.77. The van der Waals surface area contributed by atoms with Gasteiger partial charge in [0.2, 0.25) is 5.91 Å². The lowest BCUT2D eigenvalue weighted by molar-refractivity contribution is -0.115.